The van der Waals surface area contributed by atoms with Crippen LogP contribution in [-0.4, -0.2) is 55.4 Å². The van der Waals surface area contributed by atoms with E-state index in [1.165, 1.54) is 12.1 Å². The molecule has 3 aromatic rings. The quantitative estimate of drug-likeness (QED) is 0.673. The van der Waals surface area contributed by atoms with Crippen molar-refractivity contribution >= 4 is 32.9 Å². The molecule has 0 aliphatic carbocycles. The summed E-state index contributed by atoms with van der Waals surface area (Å²) in [6, 6.07) is 14.1. The fourth-order valence-electron chi connectivity index (χ4n) is 3.55. The molecule has 4 rings (SSSR count). The van der Waals surface area contributed by atoms with Crippen LogP contribution in [0.25, 0.3) is 11.0 Å². The highest BCUT2D eigenvalue weighted by atomic mass is 32.2. The third-order valence-corrected chi connectivity index (χ3v) is 6.06. The summed E-state index contributed by atoms with van der Waals surface area (Å²) < 4.78 is 22.7. The van der Waals surface area contributed by atoms with Crippen molar-refractivity contribution in [3.63, 3.8) is 0 Å². The van der Waals surface area contributed by atoms with E-state index < -0.39 is 10.0 Å². The molecule has 0 bridgehead atoms. The van der Waals surface area contributed by atoms with Crippen LogP contribution >= 0.6 is 0 Å². The van der Waals surface area contributed by atoms with E-state index in [4.69, 9.17) is 5.14 Å². The molecule has 0 unspecified atom stereocenters. The van der Waals surface area contributed by atoms with Crippen molar-refractivity contribution in [1.29, 1.82) is 0 Å². The van der Waals surface area contributed by atoms with Gasteiger partial charge in [0.15, 0.2) is 0 Å². The molecule has 9 heteroatoms. The molecule has 3 N–H and O–H groups in total. The summed E-state index contributed by atoms with van der Waals surface area (Å²) in [7, 11) is -3.73. The molecule has 1 aliphatic heterocycles. The Bertz CT molecular complexity index is 1090. The Morgan fingerprint density at radius 2 is 1.79 bits per heavy atom. The number of hydrogen-bond acceptors (Lipinski definition) is 5. The molecule has 29 heavy (non-hydrogen) atoms. The van der Waals surface area contributed by atoms with E-state index >= 15 is 0 Å². The number of amides is 1. The number of fused-ring (bicyclic) bond motifs is 1. The number of sulfonamides is 1. The van der Waals surface area contributed by atoms with Gasteiger partial charge in [-0.25, -0.2) is 18.5 Å². The number of primary sulfonamides is 1. The van der Waals surface area contributed by atoms with Gasteiger partial charge in [-0.2, -0.15) is 0 Å². The lowest BCUT2D eigenvalue weighted by molar-refractivity contribution is -0.130. The van der Waals surface area contributed by atoms with Crippen molar-refractivity contribution in [1.82, 2.24) is 14.9 Å². The Balaban J connectivity index is 1.39. The maximum Gasteiger partial charge on any atom is 0.238 e. The average molecular weight is 414 g/mol. The largest absolute Gasteiger partial charge is 0.341 e. The maximum atomic E-state index is 12.7. The molecule has 8 nitrogen and oxygen atoms in total. The highest BCUT2D eigenvalue weighted by Crippen LogP contribution is 2.19. The van der Waals surface area contributed by atoms with Crippen molar-refractivity contribution in [3.05, 3.63) is 54.1 Å². The van der Waals surface area contributed by atoms with Crippen molar-refractivity contribution in [2.24, 2.45) is 5.14 Å². The standard InChI is InChI=1S/C20H23N5O3S/c21-29(27,28)16-8-6-15(7-9-16)14-19(26)24-10-3-11-25(13-12-24)20-22-17-4-1-2-5-18(17)23-20/h1-2,4-9H,3,10-14H2,(H,22,23)(H2,21,27,28). The average Bonchev–Trinajstić information content (AvgIpc) is 2.96. The number of imidazole rings is 1. The zero-order valence-corrected chi connectivity index (χ0v) is 16.7. The summed E-state index contributed by atoms with van der Waals surface area (Å²) in [6.07, 6.45) is 1.09. The van der Waals surface area contributed by atoms with Crippen molar-refractivity contribution < 1.29 is 13.2 Å². The molecule has 1 fully saturated rings. The van der Waals surface area contributed by atoms with Crippen LogP contribution in [0.1, 0.15) is 12.0 Å². The number of aromatic nitrogens is 2. The summed E-state index contributed by atoms with van der Waals surface area (Å²) in [6.45, 7) is 2.83. The van der Waals surface area contributed by atoms with Crippen LogP contribution in [0.2, 0.25) is 0 Å². The number of nitrogens with zero attached hydrogens (tertiary/aromatic N) is 3. The van der Waals surface area contributed by atoms with Crippen LogP contribution in [0, 0.1) is 0 Å². The Morgan fingerprint density at radius 3 is 2.52 bits per heavy atom. The van der Waals surface area contributed by atoms with E-state index in [-0.39, 0.29) is 17.2 Å². The Hall–Kier alpha value is -2.91. The Morgan fingerprint density at radius 1 is 1.03 bits per heavy atom. The molecular weight excluding hydrogens is 390 g/mol. The lowest BCUT2D eigenvalue weighted by Crippen LogP contribution is -2.36. The van der Waals surface area contributed by atoms with Crippen LogP contribution < -0.4 is 10.0 Å². The zero-order valence-electron chi connectivity index (χ0n) is 15.9. The number of nitrogens with one attached hydrogen (secondary N) is 1. The molecule has 2 aromatic carbocycles. The van der Waals surface area contributed by atoms with Gasteiger partial charge in [-0.05, 0) is 36.2 Å². The van der Waals surface area contributed by atoms with E-state index in [1.54, 1.807) is 12.1 Å². The SMILES string of the molecule is NS(=O)(=O)c1ccc(CC(=O)N2CCCN(c3nc4ccccc4[nH]3)CC2)cc1. The Labute approximate surface area is 169 Å². The minimum absolute atomic E-state index is 0.0276. The molecule has 0 spiro atoms. The normalized spacial score (nSPS) is 15.5. The smallest absolute Gasteiger partial charge is 0.238 e. The predicted molar refractivity (Wildman–Crippen MR) is 111 cm³/mol. The van der Waals surface area contributed by atoms with E-state index in [9.17, 15) is 13.2 Å². The number of carbonyl (C=O) groups excluding carboxylic acids is 1. The van der Waals surface area contributed by atoms with Gasteiger partial charge in [0, 0.05) is 26.2 Å². The number of aromatic amines is 1. The fourth-order valence-corrected chi connectivity index (χ4v) is 4.07. The van der Waals surface area contributed by atoms with Gasteiger partial charge in [0.25, 0.3) is 0 Å². The highest BCUT2D eigenvalue weighted by molar-refractivity contribution is 7.89. The van der Waals surface area contributed by atoms with Gasteiger partial charge in [-0.3, -0.25) is 4.79 Å². The van der Waals surface area contributed by atoms with E-state index in [0.717, 1.165) is 35.5 Å². The summed E-state index contributed by atoms with van der Waals surface area (Å²) in [5.41, 5.74) is 2.70. The van der Waals surface area contributed by atoms with Crippen molar-refractivity contribution in [2.75, 3.05) is 31.1 Å². The second kappa shape index (κ2) is 7.84. The zero-order chi connectivity index (χ0) is 20.4. The minimum atomic E-state index is -3.73. The number of nitrogens with two attached hydrogens (primary N) is 1. The topological polar surface area (TPSA) is 112 Å². The molecule has 0 radical (unpaired) electrons. The molecule has 1 aliphatic rings. The van der Waals surface area contributed by atoms with Crippen molar-refractivity contribution in [3.8, 4) is 0 Å². The van der Waals surface area contributed by atoms with Gasteiger partial charge in [0.1, 0.15) is 0 Å². The summed E-state index contributed by atoms with van der Waals surface area (Å²) in [5.74, 6) is 0.860. The van der Waals surface area contributed by atoms with Gasteiger partial charge in [0.05, 0.1) is 22.3 Å². The summed E-state index contributed by atoms with van der Waals surface area (Å²) in [5, 5.41) is 5.11. The fraction of sp³-hybridized carbons (Fsp3) is 0.300. The highest BCUT2D eigenvalue weighted by Gasteiger charge is 2.21. The first-order chi connectivity index (χ1) is 13.9. The minimum Gasteiger partial charge on any atom is -0.341 e. The van der Waals surface area contributed by atoms with Gasteiger partial charge < -0.3 is 14.8 Å². The molecule has 2 heterocycles. The number of anilines is 1. The number of carbonyl (C=O) groups is 1. The number of rotatable bonds is 4. The van der Waals surface area contributed by atoms with E-state index in [2.05, 4.69) is 14.9 Å². The molecular formula is C20H23N5O3S. The third-order valence-electron chi connectivity index (χ3n) is 5.13. The second-order valence-electron chi connectivity index (χ2n) is 7.16. The maximum absolute atomic E-state index is 12.7. The van der Waals surface area contributed by atoms with Crippen LogP contribution in [0.4, 0.5) is 5.95 Å². The van der Waals surface area contributed by atoms with Gasteiger partial charge >= 0.3 is 0 Å². The lowest BCUT2D eigenvalue weighted by Gasteiger charge is -2.22. The summed E-state index contributed by atoms with van der Waals surface area (Å²) in [4.78, 5) is 24.8. The second-order valence-corrected chi connectivity index (χ2v) is 8.73. The predicted octanol–water partition coefficient (Wildman–Crippen LogP) is 1.49. The summed E-state index contributed by atoms with van der Waals surface area (Å²) >= 11 is 0. The van der Waals surface area contributed by atoms with Crippen LogP contribution in [0.3, 0.4) is 0 Å². The van der Waals surface area contributed by atoms with E-state index in [1.807, 2.05) is 29.2 Å². The van der Waals surface area contributed by atoms with Gasteiger partial charge in [0.2, 0.25) is 21.9 Å². The molecule has 1 saturated heterocycles. The van der Waals surface area contributed by atoms with Crippen LogP contribution in [-0.2, 0) is 21.2 Å². The number of H-pyrrole nitrogens is 1. The van der Waals surface area contributed by atoms with E-state index in [0.29, 0.717) is 19.6 Å². The molecule has 1 aromatic heterocycles. The number of hydrogen-bond donors (Lipinski definition) is 2. The molecule has 1 amide bonds. The molecule has 0 atom stereocenters. The first-order valence-corrected chi connectivity index (χ1v) is 11.0. The number of para-hydroxylation sites is 2. The van der Waals surface area contributed by atoms with Crippen LogP contribution in [0.5, 0.6) is 0 Å². The van der Waals surface area contributed by atoms with Gasteiger partial charge in [-0.15, -0.1) is 0 Å². The molecule has 0 saturated carbocycles. The first-order valence-electron chi connectivity index (χ1n) is 9.49. The van der Waals surface area contributed by atoms with Crippen LogP contribution in [0.15, 0.2) is 53.4 Å². The third kappa shape index (κ3) is 4.41. The number of benzene rings is 2. The van der Waals surface area contributed by atoms with Crippen molar-refractivity contribution in [2.45, 2.75) is 17.7 Å². The lowest BCUT2D eigenvalue weighted by atomic mass is 10.1. The first kappa shape index (κ1) is 19.4. The monoisotopic (exact) mass is 413 g/mol. The van der Waals surface area contributed by atoms with Gasteiger partial charge in [-0.1, -0.05) is 24.3 Å². The Kier molecular flexibility index (Phi) is 5.25. The molecule has 152 valence electrons.